The van der Waals surface area contributed by atoms with Gasteiger partial charge in [-0.05, 0) is 12.3 Å². The van der Waals surface area contributed by atoms with Crippen LogP contribution in [0.3, 0.4) is 0 Å². The van der Waals surface area contributed by atoms with E-state index in [2.05, 4.69) is 34.4 Å². The molecule has 160 valence electrons. The van der Waals surface area contributed by atoms with Crippen LogP contribution >= 0.6 is 24.0 Å². The first-order valence-electron chi connectivity index (χ1n) is 9.58. The Kier molecular flexibility index (Phi) is 11.4. The Morgan fingerprint density at radius 1 is 1.21 bits per heavy atom. The quantitative estimate of drug-likeness (QED) is 0.233. The molecule has 1 fully saturated rings. The Balaban J connectivity index is 0.00000392. The lowest BCUT2D eigenvalue weighted by Gasteiger charge is -2.21. The second-order valence-corrected chi connectivity index (χ2v) is 7.11. The summed E-state index contributed by atoms with van der Waals surface area (Å²) in [5, 5.41) is 6.82. The maximum Gasteiger partial charge on any atom is 0.191 e. The van der Waals surface area contributed by atoms with Crippen molar-refractivity contribution in [3.05, 3.63) is 18.2 Å². The summed E-state index contributed by atoms with van der Waals surface area (Å²) in [6.07, 6.45) is 1.05. The Bertz CT molecular complexity index is 591. The van der Waals surface area contributed by atoms with Gasteiger partial charge in [-0.1, -0.05) is 13.8 Å². The average Bonchev–Trinajstić information content (AvgIpc) is 3.14. The molecule has 1 aliphatic heterocycles. The minimum atomic E-state index is 0. The summed E-state index contributed by atoms with van der Waals surface area (Å²) in [5.74, 6) is 2.99. The molecule has 2 rings (SSSR count). The van der Waals surface area contributed by atoms with Gasteiger partial charge in [0.05, 0.1) is 20.8 Å². The van der Waals surface area contributed by atoms with Crippen LogP contribution in [0.2, 0.25) is 0 Å². The van der Waals surface area contributed by atoms with Crippen molar-refractivity contribution in [3.63, 3.8) is 0 Å². The Morgan fingerprint density at radius 2 is 1.89 bits per heavy atom. The van der Waals surface area contributed by atoms with Crippen molar-refractivity contribution in [2.75, 3.05) is 59.0 Å². The number of hydrogen-bond acceptors (Lipinski definition) is 5. The maximum atomic E-state index is 5.60. The number of nitrogens with zero attached hydrogens (tertiary/aromatic N) is 2. The molecule has 1 aliphatic rings. The molecule has 1 unspecified atom stereocenters. The van der Waals surface area contributed by atoms with Crippen molar-refractivity contribution in [2.45, 2.75) is 26.3 Å². The summed E-state index contributed by atoms with van der Waals surface area (Å²) in [6.45, 7) is 8.39. The van der Waals surface area contributed by atoms with Crippen LogP contribution in [-0.2, 0) is 4.74 Å². The number of anilines is 1. The Hall–Kier alpha value is -1.42. The van der Waals surface area contributed by atoms with Crippen LogP contribution in [-0.4, -0.2) is 66.1 Å². The van der Waals surface area contributed by atoms with Crippen molar-refractivity contribution in [1.29, 1.82) is 0 Å². The summed E-state index contributed by atoms with van der Waals surface area (Å²) in [5.41, 5.74) is 1.11. The molecule has 1 saturated heterocycles. The lowest BCUT2D eigenvalue weighted by Crippen LogP contribution is -2.45. The van der Waals surface area contributed by atoms with Crippen LogP contribution in [0.5, 0.6) is 11.5 Å². The smallest absolute Gasteiger partial charge is 0.191 e. The van der Waals surface area contributed by atoms with E-state index in [0.717, 1.165) is 55.8 Å². The van der Waals surface area contributed by atoms with Crippen LogP contribution in [0.15, 0.2) is 23.2 Å². The van der Waals surface area contributed by atoms with Gasteiger partial charge in [0.1, 0.15) is 11.5 Å². The van der Waals surface area contributed by atoms with Gasteiger partial charge >= 0.3 is 0 Å². The second kappa shape index (κ2) is 12.9. The monoisotopic (exact) mass is 506 g/mol. The Morgan fingerprint density at radius 3 is 2.46 bits per heavy atom. The van der Waals surface area contributed by atoms with Gasteiger partial charge in [0.2, 0.25) is 0 Å². The van der Waals surface area contributed by atoms with Gasteiger partial charge in [0, 0.05) is 63.2 Å². The number of halogens is 1. The first kappa shape index (κ1) is 24.6. The van der Waals surface area contributed by atoms with Crippen LogP contribution in [0.25, 0.3) is 0 Å². The van der Waals surface area contributed by atoms with E-state index in [1.807, 2.05) is 18.2 Å². The highest BCUT2D eigenvalue weighted by atomic mass is 127. The number of guanidine groups is 1. The summed E-state index contributed by atoms with van der Waals surface area (Å²) in [6, 6.07) is 6.32. The molecule has 0 aliphatic carbocycles. The van der Waals surface area contributed by atoms with Crippen molar-refractivity contribution in [1.82, 2.24) is 10.6 Å². The number of ether oxygens (including phenoxy) is 3. The minimum absolute atomic E-state index is 0. The summed E-state index contributed by atoms with van der Waals surface area (Å²) < 4.78 is 16.4. The molecule has 2 N–H and O–H groups in total. The number of methoxy groups -OCH3 is 2. The highest BCUT2D eigenvalue weighted by Crippen LogP contribution is 2.30. The topological polar surface area (TPSA) is 67.4 Å². The van der Waals surface area contributed by atoms with Crippen molar-refractivity contribution in [3.8, 4) is 11.5 Å². The SMILES string of the molecule is CN=C(NCCOCC(C)C)NC1CCN(c2cc(OC)cc(OC)c2)C1.I. The predicted molar refractivity (Wildman–Crippen MR) is 126 cm³/mol. The molecular formula is C20H35IN4O3. The van der Waals surface area contributed by atoms with Crippen LogP contribution in [0.1, 0.15) is 20.3 Å². The lowest BCUT2D eigenvalue weighted by molar-refractivity contribution is 0.114. The van der Waals surface area contributed by atoms with Crippen LogP contribution in [0, 0.1) is 5.92 Å². The first-order valence-corrected chi connectivity index (χ1v) is 9.58. The standard InChI is InChI=1S/C20H34N4O3.HI/c1-15(2)14-27-9-7-22-20(21-3)23-16-6-8-24(13-16)17-10-18(25-4)12-19(11-17)26-5;/h10-12,15-16H,6-9,13-14H2,1-5H3,(H2,21,22,23);1H. The molecule has 0 saturated carbocycles. The molecule has 0 aromatic heterocycles. The normalized spacial score (nSPS) is 16.7. The van der Waals surface area contributed by atoms with E-state index in [-0.39, 0.29) is 24.0 Å². The molecule has 0 bridgehead atoms. The second-order valence-electron chi connectivity index (χ2n) is 7.11. The van der Waals surface area contributed by atoms with E-state index in [4.69, 9.17) is 14.2 Å². The first-order chi connectivity index (χ1) is 13.0. The van der Waals surface area contributed by atoms with E-state index >= 15 is 0 Å². The fourth-order valence-corrected chi connectivity index (χ4v) is 3.04. The van der Waals surface area contributed by atoms with Gasteiger partial charge in [-0.2, -0.15) is 0 Å². The summed E-state index contributed by atoms with van der Waals surface area (Å²) >= 11 is 0. The molecule has 0 spiro atoms. The van der Waals surface area contributed by atoms with Gasteiger partial charge in [-0.25, -0.2) is 0 Å². The largest absolute Gasteiger partial charge is 0.497 e. The van der Waals surface area contributed by atoms with Gasteiger partial charge in [0.15, 0.2) is 5.96 Å². The number of nitrogens with one attached hydrogen (secondary N) is 2. The lowest BCUT2D eigenvalue weighted by atomic mass is 10.2. The van der Waals surface area contributed by atoms with Gasteiger partial charge < -0.3 is 29.7 Å². The fourth-order valence-electron chi connectivity index (χ4n) is 3.04. The number of hydrogen-bond donors (Lipinski definition) is 2. The third kappa shape index (κ3) is 7.90. The minimum Gasteiger partial charge on any atom is -0.497 e. The fraction of sp³-hybridized carbons (Fsp3) is 0.650. The zero-order chi connectivity index (χ0) is 19.6. The van der Waals surface area contributed by atoms with E-state index in [1.54, 1.807) is 21.3 Å². The average molecular weight is 506 g/mol. The molecule has 7 nitrogen and oxygen atoms in total. The van der Waals surface area contributed by atoms with Gasteiger partial charge in [-0.3, -0.25) is 4.99 Å². The third-order valence-electron chi connectivity index (χ3n) is 4.44. The number of benzene rings is 1. The highest BCUT2D eigenvalue weighted by Gasteiger charge is 2.24. The zero-order valence-electron chi connectivity index (χ0n) is 17.7. The van der Waals surface area contributed by atoms with E-state index in [1.165, 1.54) is 0 Å². The van der Waals surface area contributed by atoms with Crippen LogP contribution < -0.4 is 25.0 Å². The Labute approximate surface area is 186 Å². The van der Waals surface area contributed by atoms with E-state index in [9.17, 15) is 0 Å². The molecule has 8 heteroatoms. The zero-order valence-corrected chi connectivity index (χ0v) is 20.0. The van der Waals surface area contributed by atoms with E-state index in [0.29, 0.717) is 18.6 Å². The summed E-state index contributed by atoms with van der Waals surface area (Å²) in [4.78, 5) is 6.65. The van der Waals surface area contributed by atoms with Crippen molar-refractivity contribution >= 4 is 35.6 Å². The number of aliphatic imine (C=N–C) groups is 1. The maximum absolute atomic E-state index is 5.60. The third-order valence-corrected chi connectivity index (χ3v) is 4.44. The van der Waals surface area contributed by atoms with Crippen molar-refractivity contribution < 1.29 is 14.2 Å². The molecule has 1 aromatic carbocycles. The van der Waals surface area contributed by atoms with Gasteiger partial charge in [0.25, 0.3) is 0 Å². The van der Waals surface area contributed by atoms with Crippen molar-refractivity contribution in [2.24, 2.45) is 10.9 Å². The van der Waals surface area contributed by atoms with Crippen LogP contribution in [0.4, 0.5) is 5.69 Å². The predicted octanol–water partition coefficient (Wildman–Crippen LogP) is 2.74. The van der Waals surface area contributed by atoms with Gasteiger partial charge in [-0.15, -0.1) is 24.0 Å². The molecule has 1 atom stereocenters. The molecule has 28 heavy (non-hydrogen) atoms. The molecule has 0 radical (unpaired) electrons. The summed E-state index contributed by atoms with van der Waals surface area (Å²) in [7, 11) is 5.14. The number of rotatable bonds is 9. The molecule has 1 heterocycles. The highest BCUT2D eigenvalue weighted by molar-refractivity contribution is 14.0. The molecule has 1 aromatic rings. The van der Waals surface area contributed by atoms with E-state index < -0.39 is 0 Å². The molecular weight excluding hydrogens is 471 g/mol. The molecule has 0 amide bonds.